The molecule has 2 aromatic rings. The molecule has 3 rings (SSSR count). The van der Waals surface area contributed by atoms with Crippen LogP contribution in [0.25, 0.3) is 0 Å². The Labute approximate surface area is 116 Å². The average Bonchev–Trinajstić information content (AvgIpc) is 2.83. The van der Waals surface area contributed by atoms with Crippen molar-refractivity contribution < 1.29 is 0 Å². The lowest BCUT2D eigenvalue weighted by Gasteiger charge is -2.17. The summed E-state index contributed by atoms with van der Waals surface area (Å²) in [6.07, 6.45) is 1.75. The van der Waals surface area contributed by atoms with Crippen LogP contribution in [0, 0.1) is 11.3 Å². The third-order valence-corrected chi connectivity index (χ3v) is 3.57. The zero-order valence-electron chi connectivity index (χ0n) is 10.1. The Balaban J connectivity index is 1.97. The molecule has 0 fully saturated rings. The molecule has 0 atom stereocenters. The first-order valence-electron chi connectivity index (χ1n) is 5.86. The number of aromatic nitrogens is 1. The van der Waals surface area contributed by atoms with Crippen LogP contribution < -0.4 is 10.6 Å². The third kappa shape index (κ3) is 1.98. The van der Waals surface area contributed by atoms with E-state index >= 15 is 0 Å². The van der Waals surface area contributed by atoms with Crippen molar-refractivity contribution in [1.82, 2.24) is 4.98 Å². The van der Waals surface area contributed by atoms with E-state index in [1.54, 1.807) is 6.20 Å². The third-order valence-electron chi connectivity index (χ3n) is 3.32. The van der Waals surface area contributed by atoms with Crippen LogP contribution in [0.1, 0.15) is 16.7 Å². The van der Waals surface area contributed by atoms with Crippen molar-refractivity contribution in [2.45, 2.75) is 13.1 Å². The van der Waals surface area contributed by atoms with E-state index in [4.69, 9.17) is 22.6 Å². The summed E-state index contributed by atoms with van der Waals surface area (Å²) in [6.45, 7) is 1.41. The molecule has 0 aliphatic carbocycles. The Morgan fingerprint density at radius 3 is 2.68 bits per heavy atom. The first-order chi connectivity index (χ1) is 9.19. The van der Waals surface area contributed by atoms with Gasteiger partial charge in [0.1, 0.15) is 11.9 Å². The summed E-state index contributed by atoms with van der Waals surface area (Å²) in [5, 5.41) is 9.88. The number of nitrogens with two attached hydrogens (primary N) is 1. The van der Waals surface area contributed by atoms with Crippen LogP contribution in [0.15, 0.2) is 30.5 Å². The number of rotatable bonds is 1. The highest BCUT2D eigenvalue weighted by Crippen LogP contribution is 2.31. The minimum atomic E-state index is 0.305. The van der Waals surface area contributed by atoms with Gasteiger partial charge in [0.2, 0.25) is 0 Å². The lowest BCUT2D eigenvalue weighted by atomic mass is 10.1. The van der Waals surface area contributed by atoms with Crippen LogP contribution >= 0.6 is 11.6 Å². The Hall–Kier alpha value is -2.25. The summed E-state index contributed by atoms with van der Waals surface area (Å²) in [4.78, 5) is 6.24. The van der Waals surface area contributed by atoms with Crippen LogP contribution in [0.2, 0.25) is 5.02 Å². The highest BCUT2D eigenvalue weighted by atomic mass is 35.5. The minimum absolute atomic E-state index is 0.305. The first-order valence-corrected chi connectivity index (χ1v) is 6.23. The van der Waals surface area contributed by atoms with Gasteiger partial charge in [0.15, 0.2) is 0 Å². The zero-order chi connectivity index (χ0) is 13.4. The maximum atomic E-state index is 9.17. The lowest BCUT2D eigenvalue weighted by molar-refractivity contribution is 0.879. The fraction of sp³-hybridized carbons (Fsp3) is 0.143. The van der Waals surface area contributed by atoms with Crippen LogP contribution in [0.5, 0.6) is 0 Å². The number of nitriles is 1. The average molecular weight is 271 g/mol. The summed E-state index contributed by atoms with van der Waals surface area (Å²) >= 11 is 5.89. The molecular weight excluding hydrogens is 260 g/mol. The van der Waals surface area contributed by atoms with E-state index in [1.165, 1.54) is 0 Å². The molecule has 0 radical (unpaired) electrons. The summed E-state index contributed by atoms with van der Waals surface area (Å²) < 4.78 is 0. The second kappa shape index (κ2) is 4.45. The second-order valence-corrected chi connectivity index (χ2v) is 4.90. The van der Waals surface area contributed by atoms with Gasteiger partial charge in [-0.2, -0.15) is 5.26 Å². The molecule has 0 unspecified atom stereocenters. The molecule has 0 saturated carbocycles. The molecule has 2 heterocycles. The predicted molar refractivity (Wildman–Crippen MR) is 74.7 cm³/mol. The molecular formula is C14H11ClN4. The number of nitrogens with zero attached hydrogens (tertiary/aromatic N) is 3. The fourth-order valence-corrected chi connectivity index (χ4v) is 2.46. The van der Waals surface area contributed by atoms with E-state index < -0.39 is 0 Å². The van der Waals surface area contributed by atoms with E-state index in [0.29, 0.717) is 22.9 Å². The van der Waals surface area contributed by atoms with Crippen molar-refractivity contribution in [3.63, 3.8) is 0 Å². The quantitative estimate of drug-likeness (QED) is 0.865. The molecule has 5 heteroatoms. The van der Waals surface area contributed by atoms with Crippen molar-refractivity contribution in [3.8, 4) is 6.07 Å². The molecule has 94 valence electrons. The molecule has 4 nitrogen and oxygen atoms in total. The number of nitrogen functional groups attached to an aromatic ring is 1. The number of halogens is 1. The van der Waals surface area contributed by atoms with Gasteiger partial charge in [-0.3, -0.25) is 0 Å². The van der Waals surface area contributed by atoms with Crippen LogP contribution in [0.3, 0.4) is 0 Å². The van der Waals surface area contributed by atoms with E-state index in [1.807, 2.05) is 24.3 Å². The van der Waals surface area contributed by atoms with Gasteiger partial charge in [0, 0.05) is 30.0 Å². The highest BCUT2D eigenvalue weighted by Gasteiger charge is 2.24. The van der Waals surface area contributed by atoms with Crippen molar-refractivity contribution in [2.75, 3.05) is 10.6 Å². The van der Waals surface area contributed by atoms with Crippen molar-refractivity contribution in [1.29, 1.82) is 5.26 Å². The fourth-order valence-electron chi connectivity index (χ4n) is 2.33. The number of benzene rings is 1. The molecule has 1 aromatic heterocycles. The van der Waals surface area contributed by atoms with Gasteiger partial charge >= 0.3 is 0 Å². The number of hydrogen-bond acceptors (Lipinski definition) is 4. The van der Waals surface area contributed by atoms with Gasteiger partial charge in [-0.1, -0.05) is 11.6 Å². The monoisotopic (exact) mass is 270 g/mol. The number of hydrogen-bond donors (Lipinski definition) is 1. The van der Waals surface area contributed by atoms with Gasteiger partial charge in [-0.15, -0.1) is 0 Å². The molecule has 2 N–H and O–H groups in total. The van der Waals surface area contributed by atoms with Crippen LogP contribution in [-0.2, 0) is 13.1 Å². The predicted octanol–water partition coefficient (Wildman–Crippen LogP) is 2.71. The van der Waals surface area contributed by atoms with Gasteiger partial charge < -0.3 is 10.6 Å². The Bertz CT molecular complexity index is 673. The number of pyridine rings is 1. The second-order valence-electron chi connectivity index (χ2n) is 4.47. The largest absolute Gasteiger partial charge is 0.383 e. The maximum Gasteiger partial charge on any atom is 0.141 e. The van der Waals surface area contributed by atoms with Crippen LogP contribution in [0.4, 0.5) is 11.5 Å². The van der Waals surface area contributed by atoms with Gasteiger partial charge in [0.25, 0.3) is 0 Å². The molecule has 1 aliphatic rings. The minimum Gasteiger partial charge on any atom is -0.383 e. The molecule has 0 spiro atoms. The van der Waals surface area contributed by atoms with E-state index in [0.717, 1.165) is 23.4 Å². The zero-order valence-corrected chi connectivity index (χ0v) is 10.9. The summed E-state index contributed by atoms with van der Waals surface area (Å²) in [6, 6.07) is 9.80. The standard InChI is InChI=1S/C14H11ClN4/c15-10-1-3-11(4-2-10)19-7-9-6-18-14(17)12(5-16)13(9)8-19/h1-4,6H,7-8H2,(H2,17,18). The first kappa shape index (κ1) is 11.8. The van der Waals surface area contributed by atoms with Gasteiger partial charge in [0.05, 0.1) is 5.56 Å². The van der Waals surface area contributed by atoms with Crippen molar-refractivity contribution >= 4 is 23.1 Å². The Morgan fingerprint density at radius 2 is 2.00 bits per heavy atom. The molecule has 0 bridgehead atoms. The van der Waals surface area contributed by atoms with Gasteiger partial charge in [-0.25, -0.2) is 4.98 Å². The smallest absolute Gasteiger partial charge is 0.141 e. The van der Waals surface area contributed by atoms with Crippen molar-refractivity contribution in [2.24, 2.45) is 0 Å². The van der Waals surface area contributed by atoms with Crippen LogP contribution in [-0.4, -0.2) is 4.98 Å². The normalized spacial score (nSPS) is 13.2. The topological polar surface area (TPSA) is 65.9 Å². The number of anilines is 2. The Morgan fingerprint density at radius 1 is 1.26 bits per heavy atom. The lowest BCUT2D eigenvalue weighted by Crippen LogP contribution is -2.14. The Kier molecular flexibility index (Phi) is 2.77. The van der Waals surface area contributed by atoms with Crippen molar-refractivity contribution in [3.05, 3.63) is 52.2 Å². The number of fused-ring (bicyclic) bond motifs is 1. The van der Waals surface area contributed by atoms with E-state index in [9.17, 15) is 0 Å². The van der Waals surface area contributed by atoms with E-state index in [2.05, 4.69) is 16.0 Å². The molecule has 0 amide bonds. The SMILES string of the molecule is N#Cc1c(N)ncc2c1CN(c1ccc(Cl)cc1)C2. The molecule has 1 aliphatic heterocycles. The maximum absolute atomic E-state index is 9.17. The molecule has 0 saturated heterocycles. The molecule has 1 aromatic carbocycles. The molecule has 19 heavy (non-hydrogen) atoms. The van der Waals surface area contributed by atoms with E-state index in [-0.39, 0.29) is 0 Å². The summed E-state index contributed by atoms with van der Waals surface area (Å²) in [5.41, 5.74) is 9.34. The van der Waals surface area contributed by atoms with Gasteiger partial charge in [-0.05, 0) is 35.4 Å². The summed E-state index contributed by atoms with van der Waals surface area (Å²) in [7, 11) is 0. The summed E-state index contributed by atoms with van der Waals surface area (Å²) in [5.74, 6) is 0.305. The highest BCUT2D eigenvalue weighted by molar-refractivity contribution is 6.30.